The summed E-state index contributed by atoms with van der Waals surface area (Å²) in [6.07, 6.45) is 9.09. The SMILES string of the molecule is O=c1c2c3c(sc2ncn1Cc1ccc(F)cc1)CC(NCCc1ccncc1)CC3. The molecule has 0 spiro atoms. The van der Waals surface area contributed by atoms with Gasteiger partial charge in [0.25, 0.3) is 5.56 Å². The zero-order chi connectivity index (χ0) is 21.2. The fourth-order valence-corrected chi connectivity index (χ4v) is 5.50. The summed E-state index contributed by atoms with van der Waals surface area (Å²) >= 11 is 1.64. The predicted octanol–water partition coefficient (Wildman–Crippen LogP) is 3.73. The maximum absolute atomic E-state index is 13.2. The quantitative estimate of drug-likeness (QED) is 0.502. The first-order valence-corrected chi connectivity index (χ1v) is 11.4. The Kier molecular flexibility index (Phi) is 5.61. The highest BCUT2D eigenvalue weighted by Crippen LogP contribution is 2.33. The van der Waals surface area contributed by atoms with Crippen LogP contribution in [0.25, 0.3) is 10.2 Å². The van der Waals surface area contributed by atoms with E-state index in [0.29, 0.717) is 12.6 Å². The number of hydrogen-bond donors (Lipinski definition) is 1. The molecule has 3 heterocycles. The summed E-state index contributed by atoms with van der Waals surface area (Å²) < 4.78 is 14.8. The lowest BCUT2D eigenvalue weighted by molar-refractivity contribution is 0.466. The molecule has 3 aromatic heterocycles. The number of benzene rings is 1. The van der Waals surface area contributed by atoms with Crippen LogP contribution in [-0.2, 0) is 25.8 Å². The highest BCUT2D eigenvalue weighted by Gasteiger charge is 2.25. The van der Waals surface area contributed by atoms with Gasteiger partial charge < -0.3 is 5.32 Å². The van der Waals surface area contributed by atoms with Crippen molar-refractivity contribution in [3.63, 3.8) is 0 Å². The van der Waals surface area contributed by atoms with Crippen molar-refractivity contribution in [3.05, 3.63) is 92.9 Å². The van der Waals surface area contributed by atoms with Crippen molar-refractivity contribution in [2.75, 3.05) is 6.54 Å². The van der Waals surface area contributed by atoms with E-state index in [9.17, 15) is 9.18 Å². The molecule has 1 aliphatic rings. The standard InChI is InChI=1S/C24H23FN4OS/c25-18-3-1-17(2-4-18)14-29-15-28-23-22(24(29)30)20-6-5-19(13-21(20)31-23)27-12-9-16-7-10-26-11-8-16/h1-4,7-8,10-11,15,19,27H,5-6,9,12-14H2. The minimum Gasteiger partial charge on any atom is -0.313 e. The lowest BCUT2D eigenvalue weighted by Gasteiger charge is -2.23. The first kappa shape index (κ1) is 20.0. The average Bonchev–Trinajstić information content (AvgIpc) is 3.16. The molecule has 5 rings (SSSR count). The van der Waals surface area contributed by atoms with E-state index in [4.69, 9.17) is 0 Å². The van der Waals surface area contributed by atoms with Crippen LogP contribution in [0.5, 0.6) is 0 Å². The predicted molar refractivity (Wildman–Crippen MR) is 121 cm³/mol. The van der Waals surface area contributed by atoms with E-state index >= 15 is 0 Å². The Morgan fingerprint density at radius 2 is 1.94 bits per heavy atom. The van der Waals surface area contributed by atoms with Crippen LogP contribution in [0.4, 0.5) is 4.39 Å². The fraction of sp³-hybridized carbons (Fsp3) is 0.292. The average molecular weight is 435 g/mol. The van der Waals surface area contributed by atoms with Gasteiger partial charge in [-0.3, -0.25) is 14.3 Å². The topological polar surface area (TPSA) is 59.8 Å². The Hall–Kier alpha value is -2.90. The second-order valence-corrected chi connectivity index (χ2v) is 9.07. The van der Waals surface area contributed by atoms with Crippen molar-refractivity contribution < 1.29 is 4.39 Å². The van der Waals surface area contributed by atoms with Gasteiger partial charge in [-0.1, -0.05) is 12.1 Å². The molecular formula is C24H23FN4OS. The summed E-state index contributed by atoms with van der Waals surface area (Å²) in [6.45, 7) is 1.32. The van der Waals surface area contributed by atoms with Crippen molar-refractivity contribution in [3.8, 4) is 0 Å². The number of nitrogens with zero attached hydrogens (tertiary/aromatic N) is 3. The van der Waals surface area contributed by atoms with Crippen molar-refractivity contribution in [2.45, 2.75) is 38.3 Å². The molecule has 0 saturated heterocycles. The number of rotatable bonds is 6. The number of fused-ring (bicyclic) bond motifs is 3. The maximum atomic E-state index is 13.2. The zero-order valence-electron chi connectivity index (χ0n) is 17.1. The summed E-state index contributed by atoms with van der Waals surface area (Å²) in [6, 6.07) is 10.8. The normalized spacial score (nSPS) is 15.8. The number of thiophene rings is 1. The van der Waals surface area contributed by atoms with Gasteiger partial charge in [-0.15, -0.1) is 11.3 Å². The maximum Gasteiger partial charge on any atom is 0.262 e. The van der Waals surface area contributed by atoms with E-state index in [1.807, 2.05) is 12.4 Å². The second-order valence-electron chi connectivity index (χ2n) is 7.99. The Bertz CT molecular complexity index is 1250. The van der Waals surface area contributed by atoms with Crippen LogP contribution in [0.3, 0.4) is 0 Å². The van der Waals surface area contributed by atoms with Gasteiger partial charge in [-0.25, -0.2) is 9.37 Å². The van der Waals surface area contributed by atoms with Crippen LogP contribution in [0.15, 0.2) is 59.9 Å². The highest BCUT2D eigenvalue weighted by atomic mass is 32.1. The lowest BCUT2D eigenvalue weighted by atomic mass is 9.93. The van der Waals surface area contributed by atoms with E-state index in [1.165, 1.54) is 22.6 Å². The number of nitrogens with one attached hydrogen (secondary N) is 1. The van der Waals surface area contributed by atoms with E-state index in [0.717, 1.165) is 53.6 Å². The fourth-order valence-electron chi connectivity index (χ4n) is 4.24. The Morgan fingerprint density at radius 1 is 1.13 bits per heavy atom. The Balaban J connectivity index is 1.31. The molecule has 0 fully saturated rings. The third-order valence-electron chi connectivity index (χ3n) is 5.90. The molecule has 4 aromatic rings. The van der Waals surface area contributed by atoms with Gasteiger partial charge in [0.2, 0.25) is 0 Å². The van der Waals surface area contributed by atoms with Crippen molar-refractivity contribution >= 4 is 21.6 Å². The summed E-state index contributed by atoms with van der Waals surface area (Å²) in [5.74, 6) is -0.277. The first-order valence-electron chi connectivity index (χ1n) is 10.5. The van der Waals surface area contributed by atoms with Crippen LogP contribution in [0, 0.1) is 5.82 Å². The van der Waals surface area contributed by atoms with Gasteiger partial charge in [-0.2, -0.15) is 0 Å². The largest absolute Gasteiger partial charge is 0.313 e. The number of hydrogen-bond acceptors (Lipinski definition) is 5. The number of halogens is 1. The van der Waals surface area contributed by atoms with Gasteiger partial charge in [-0.05, 0) is 73.2 Å². The molecule has 1 aromatic carbocycles. The molecule has 1 atom stereocenters. The van der Waals surface area contributed by atoms with Crippen LogP contribution < -0.4 is 10.9 Å². The Morgan fingerprint density at radius 3 is 2.74 bits per heavy atom. The molecule has 5 nitrogen and oxygen atoms in total. The zero-order valence-corrected chi connectivity index (χ0v) is 17.9. The van der Waals surface area contributed by atoms with Crippen molar-refractivity contribution in [1.29, 1.82) is 0 Å². The smallest absolute Gasteiger partial charge is 0.262 e. The molecule has 158 valence electrons. The van der Waals surface area contributed by atoms with Crippen LogP contribution in [0.1, 0.15) is 28.0 Å². The number of pyridine rings is 1. The van der Waals surface area contributed by atoms with E-state index in [-0.39, 0.29) is 11.4 Å². The highest BCUT2D eigenvalue weighted by molar-refractivity contribution is 7.18. The summed E-state index contributed by atoms with van der Waals surface area (Å²) in [5.41, 5.74) is 3.33. The molecule has 1 unspecified atom stereocenters. The van der Waals surface area contributed by atoms with Gasteiger partial charge in [0.05, 0.1) is 18.3 Å². The van der Waals surface area contributed by atoms with E-state index in [1.54, 1.807) is 34.4 Å². The molecule has 1 aliphatic carbocycles. The minimum atomic E-state index is -0.277. The molecule has 0 amide bonds. The summed E-state index contributed by atoms with van der Waals surface area (Å²) in [5, 5.41) is 4.43. The van der Waals surface area contributed by atoms with Crippen LogP contribution in [0.2, 0.25) is 0 Å². The van der Waals surface area contributed by atoms with Crippen LogP contribution >= 0.6 is 11.3 Å². The molecule has 7 heteroatoms. The Labute approximate surface area is 183 Å². The van der Waals surface area contributed by atoms with Crippen LogP contribution in [-0.4, -0.2) is 27.1 Å². The van der Waals surface area contributed by atoms with E-state index < -0.39 is 0 Å². The van der Waals surface area contributed by atoms with Gasteiger partial charge in [0, 0.05) is 23.3 Å². The third-order valence-corrected chi connectivity index (χ3v) is 7.06. The lowest BCUT2D eigenvalue weighted by Crippen LogP contribution is -2.35. The van der Waals surface area contributed by atoms with Gasteiger partial charge in [0.15, 0.2) is 0 Å². The molecule has 0 aliphatic heterocycles. The second kappa shape index (κ2) is 8.69. The molecule has 0 radical (unpaired) electrons. The van der Waals surface area contributed by atoms with Gasteiger partial charge in [0.1, 0.15) is 10.6 Å². The molecular weight excluding hydrogens is 411 g/mol. The summed E-state index contributed by atoms with van der Waals surface area (Å²) in [4.78, 5) is 23.9. The van der Waals surface area contributed by atoms with Crippen molar-refractivity contribution in [1.82, 2.24) is 19.9 Å². The third kappa shape index (κ3) is 4.29. The summed E-state index contributed by atoms with van der Waals surface area (Å²) in [7, 11) is 0. The van der Waals surface area contributed by atoms with E-state index in [2.05, 4.69) is 27.4 Å². The molecule has 1 N–H and O–H groups in total. The number of aromatic nitrogens is 3. The first-order chi connectivity index (χ1) is 15.2. The van der Waals surface area contributed by atoms with Crippen molar-refractivity contribution in [2.24, 2.45) is 0 Å². The monoisotopic (exact) mass is 434 g/mol. The molecule has 0 bridgehead atoms. The molecule has 0 saturated carbocycles. The number of aryl methyl sites for hydroxylation is 1. The van der Waals surface area contributed by atoms with Gasteiger partial charge >= 0.3 is 0 Å². The minimum absolute atomic E-state index is 0.00378. The molecule has 31 heavy (non-hydrogen) atoms.